The molecular weight excluding hydrogens is 286 g/mol. The fourth-order valence-electron chi connectivity index (χ4n) is 2.87. The molecule has 6 heteroatoms. The lowest BCUT2D eigenvalue weighted by atomic mass is 10.1. The number of ether oxygens (including phenoxy) is 2. The average molecular weight is 305 g/mol. The number of hydrogen-bond acceptors (Lipinski definition) is 4. The molecule has 1 saturated heterocycles. The standard InChI is InChI=1S/C16H19NO5/c1-21-11-4-2-3-10(7-11)14-9-17(5-6-22-14)15(18)12-8-13(12)16(19)20/h2-4,7,12-14H,5-6,8-9H2,1H3,(H,19,20). The van der Waals surface area contributed by atoms with Gasteiger partial charge >= 0.3 is 5.97 Å². The highest BCUT2D eigenvalue weighted by Crippen LogP contribution is 2.40. The number of aliphatic carboxylic acids is 1. The molecule has 1 amide bonds. The summed E-state index contributed by atoms with van der Waals surface area (Å²) in [7, 11) is 1.61. The van der Waals surface area contributed by atoms with Crippen molar-refractivity contribution in [3.63, 3.8) is 0 Å². The first-order valence-electron chi connectivity index (χ1n) is 7.37. The summed E-state index contributed by atoms with van der Waals surface area (Å²) in [5.74, 6) is -1.07. The van der Waals surface area contributed by atoms with Gasteiger partial charge in [-0.15, -0.1) is 0 Å². The molecule has 1 saturated carbocycles. The number of carboxylic acids is 1. The third-order valence-electron chi connectivity index (χ3n) is 4.27. The Morgan fingerprint density at radius 2 is 2.18 bits per heavy atom. The largest absolute Gasteiger partial charge is 0.497 e. The molecule has 1 aliphatic carbocycles. The molecule has 1 aromatic carbocycles. The maximum atomic E-state index is 12.4. The quantitative estimate of drug-likeness (QED) is 0.908. The van der Waals surface area contributed by atoms with Crippen molar-refractivity contribution in [1.82, 2.24) is 4.90 Å². The Hall–Kier alpha value is -2.08. The van der Waals surface area contributed by atoms with Crippen LogP contribution in [0.15, 0.2) is 24.3 Å². The van der Waals surface area contributed by atoms with E-state index in [1.807, 2.05) is 24.3 Å². The van der Waals surface area contributed by atoms with E-state index in [-0.39, 0.29) is 17.9 Å². The third kappa shape index (κ3) is 2.92. The van der Waals surface area contributed by atoms with Crippen molar-refractivity contribution >= 4 is 11.9 Å². The van der Waals surface area contributed by atoms with Gasteiger partial charge in [0.1, 0.15) is 11.9 Å². The predicted octanol–water partition coefficient (Wildman–Crippen LogP) is 1.32. The molecule has 0 aromatic heterocycles. The van der Waals surface area contributed by atoms with Crippen LogP contribution < -0.4 is 4.74 Å². The van der Waals surface area contributed by atoms with E-state index in [2.05, 4.69) is 0 Å². The van der Waals surface area contributed by atoms with Gasteiger partial charge in [-0.1, -0.05) is 12.1 Å². The molecule has 0 radical (unpaired) electrons. The molecule has 0 bridgehead atoms. The number of benzene rings is 1. The van der Waals surface area contributed by atoms with Crippen molar-refractivity contribution in [3.8, 4) is 5.75 Å². The summed E-state index contributed by atoms with van der Waals surface area (Å²) in [4.78, 5) is 25.0. The minimum absolute atomic E-state index is 0.0661. The maximum Gasteiger partial charge on any atom is 0.307 e. The number of carbonyl (C=O) groups is 2. The lowest BCUT2D eigenvalue weighted by Crippen LogP contribution is -2.43. The molecular formula is C16H19NO5. The normalized spacial score (nSPS) is 27.3. The van der Waals surface area contributed by atoms with E-state index in [4.69, 9.17) is 14.6 Å². The van der Waals surface area contributed by atoms with Gasteiger partial charge in [0.05, 0.1) is 32.1 Å². The third-order valence-corrected chi connectivity index (χ3v) is 4.27. The second-order valence-electron chi connectivity index (χ2n) is 5.71. The van der Waals surface area contributed by atoms with Crippen molar-refractivity contribution in [2.75, 3.05) is 26.8 Å². The molecule has 1 N–H and O–H groups in total. The van der Waals surface area contributed by atoms with E-state index in [0.29, 0.717) is 26.1 Å². The van der Waals surface area contributed by atoms with Gasteiger partial charge in [-0.2, -0.15) is 0 Å². The van der Waals surface area contributed by atoms with Crippen LogP contribution in [0.3, 0.4) is 0 Å². The number of carboxylic acid groups (broad SMARTS) is 1. The summed E-state index contributed by atoms with van der Waals surface area (Å²) in [6.45, 7) is 1.43. The van der Waals surface area contributed by atoms with E-state index in [1.165, 1.54) is 0 Å². The molecule has 22 heavy (non-hydrogen) atoms. The van der Waals surface area contributed by atoms with Crippen LogP contribution in [-0.2, 0) is 14.3 Å². The first kappa shape index (κ1) is 14.8. The highest BCUT2D eigenvalue weighted by atomic mass is 16.5. The zero-order valence-corrected chi connectivity index (χ0v) is 12.4. The first-order chi connectivity index (χ1) is 10.6. The molecule has 3 rings (SSSR count). The van der Waals surface area contributed by atoms with Crippen LogP contribution in [0.25, 0.3) is 0 Å². The van der Waals surface area contributed by atoms with Crippen molar-refractivity contribution in [1.29, 1.82) is 0 Å². The number of nitrogens with zero attached hydrogens (tertiary/aromatic N) is 1. The second-order valence-corrected chi connectivity index (χ2v) is 5.71. The van der Waals surface area contributed by atoms with Crippen LogP contribution in [-0.4, -0.2) is 48.7 Å². The SMILES string of the molecule is COc1cccc(C2CN(C(=O)C3CC3C(=O)O)CCO2)c1. The highest BCUT2D eigenvalue weighted by Gasteiger charge is 2.50. The van der Waals surface area contributed by atoms with Crippen LogP contribution >= 0.6 is 0 Å². The van der Waals surface area contributed by atoms with Gasteiger partial charge in [0, 0.05) is 6.54 Å². The smallest absolute Gasteiger partial charge is 0.307 e. The fraction of sp³-hybridized carbons (Fsp3) is 0.500. The van der Waals surface area contributed by atoms with E-state index in [1.54, 1.807) is 12.0 Å². The number of morpholine rings is 1. The number of carbonyl (C=O) groups excluding carboxylic acids is 1. The zero-order chi connectivity index (χ0) is 15.7. The molecule has 1 aromatic rings. The van der Waals surface area contributed by atoms with Gasteiger partial charge in [0.15, 0.2) is 0 Å². The van der Waals surface area contributed by atoms with Crippen molar-refractivity contribution in [2.24, 2.45) is 11.8 Å². The van der Waals surface area contributed by atoms with E-state index in [0.717, 1.165) is 11.3 Å². The minimum Gasteiger partial charge on any atom is -0.497 e. The Labute approximate surface area is 128 Å². The van der Waals surface area contributed by atoms with Gasteiger partial charge in [0.25, 0.3) is 0 Å². The Kier molecular flexibility index (Phi) is 4.02. The number of methoxy groups -OCH3 is 1. The highest BCUT2D eigenvalue weighted by molar-refractivity contribution is 5.89. The topological polar surface area (TPSA) is 76.1 Å². The van der Waals surface area contributed by atoms with Crippen molar-refractivity contribution in [2.45, 2.75) is 12.5 Å². The van der Waals surface area contributed by atoms with Crippen LogP contribution in [0.1, 0.15) is 18.1 Å². The molecule has 6 nitrogen and oxygen atoms in total. The number of rotatable bonds is 4. The van der Waals surface area contributed by atoms with Crippen molar-refractivity contribution < 1.29 is 24.2 Å². The molecule has 1 heterocycles. The van der Waals surface area contributed by atoms with Gasteiger partial charge in [-0.25, -0.2) is 0 Å². The lowest BCUT2D eigenvalue weighted by molar-refractivity contribution is -0.145. The molecule has 2 aliphatic rings. The lowest BCUT2D eigenvalue weighted by Gasteiger charge is -2.33. The van der Waals surface area contributed by atoms with E-state index in [9.17, 15) is 9.59 Å². The Morgan fingerprint density at radius 1 is 1.36 bits per heavy atom. The Morgan fingerprint density at radius 3 is 2.86 bits per heavy atom. The summed E-state index contributed by atoms with van der Waals surface area (Å²) in [6, 6.07) is 7.59. The molecule has 1 aliphatic heterocycles. The zero-order valence-electron chi connectivity index (χ0n) is 12.4. The molecule has 118 valence electrons. The predicted molar refractivity (Wildman–Crippen MR) is 77.5 cm³/mol. The first-order valence-corrected chi connectivity index (χ1v) is 7.37. The van der Waals surface area contributed by atoms with Crippen LogP contribution in [0.5, 0.6) is 5.75 Å². The van der Waals surface area contributed by atoms with Crippen molar-refractivity contribution in [3.05, 3.63) is 29.8 Å². The fourth-order valence-corrected chi connectivity index (χ4v) is 2.87. The maximum absolute atomic E-state index is 12.4. The second kappa shape index (κ2) is 5.96. The van der Waals surface area contributed by atoms with Gasteiger partial charge < -0.3 is 19.5 Å². The van der Waals surface area contributed by atoms with Gasteiger partial charge in [0.2, 0.25) is 5.91 Å². The van der Waals surface area contributed by atoms with E-state index >= 15 is 0 Å². The summed E-state index contributed by atoms with van der Waals surface area (Å²) in [5, 5.41) is 8.95. The van der Waals surface area contributed by atoms with E-state index < -0.39 is 11.9 Å². The van der Waals surface area contributed by atoms with Gasteiger partial charge in [-0.05, 0) is 24.1 Å². The number of amides is 1. The summed E-state index contributed by atoms with van der Waals surface area (Å²) in [6.07, 6.45) is 0.254. The van der Waals surface area contributed by atoms with Crippen LogP contribution in [0.2, 0.25) is 0 Å². The Bertz CT molecular complexity index is 588. The monoisotopic (exact) mass is 305 g/mol. The Balaban J connectivity index is 1.66. The average Bonchev–Trinajstić information content (AvgIpc) is 3.35. The summed E-state index contributed by atoms with van der Waals surface area (Å²) < 4.78 is 11.0. The summed E-state index contributed by atoms with van der Waals surface area (Å²) in [5.41, 5.74) is 0.961. The van der Waals surface area contributed by atoms with Crippen LogP contribution in [0.4, 0.5) is 0 Å². The molecule has 3 atom stereocenters. The number of hydrogen-bond donors (Lipinski definition) is 1. The minimum atomic E-state index is -0.879. The molecule has 3 unspecified atom stereocenters. The summed E-state index contributed by atoms with van der Waals surface area (Å²) >= 11 is 0. The van der Waals surface area contributed by atoms with Gasteiger partial charge in [-0.3, -0.25) is 9.59 Å². The molecule has 2 fully saturated rings. The molecule has 0 spiro atoms. The van der Waals surface area contributed by atoms with Crippen LogP contribution in [0, 0.1) is 11.8 Å².